The number of aromatic amines is 1. The van der Waals surface area contributed by atoms with Crippen molar-refractivity contribution in [3.63, 3.8) is 0 Å². The van der Waals surface area contributed by atoms with Crippen LogP contribution in [0.5, 0.6) is 0 Å². The van der Waals surface area contributed by atoms with E-state index in [2.05, 4.69) is 18.8 Å². The second kappa shape index (κ2) is 5.62. The average Bonchev–Trinajstić information content (AvgIpc) is 3.17. The van der Waals surface area contributed by atoms with Crippen LogP contribution in [-0.4, -0.2) is 16.8 Å². The molecule has 1 saturated heterocycles. The van der Waals surface area contributed by atoms with Crippen molar-refractivity contribution in [2.75, 3.05) is 4.90 Å². The van der Waals surface area contributed by atoms with Gasteiger partial charge in [-0.25, -0.2) is 4.90 Å². The van der Waals surface area contributed by atoms with Crippen molar-refractivity contribution in [3.8, 4) is 0 Å². The SMILES string of the molecule is CCc1ccc(N2C(=O)[C@H]3[C@H](CC)Cc4[nH]ccc4[C@H]3C2=O)cc1. The zero-order valence-corrected chi connectivity index (χ0v) is 14.1. The van der Waals surface area contributed by atoms with Crippen molar-refractivity contribution < 1.29 is 9.59 Å². The van der Waals surface area contributed by atoms with E-state index in [1.807, 2.05) is 36.5 Å². The third-order valence-electron chi connectivity index (χ3n) is 5.66. The number of aromatic nitrogens is 1. The third kappa shape index (κ3) is 2.05. The van der Waals surface area contributed by atoms with E-state index in [9.17, 15) is 9.59 Å². The summed E-state index contributed by atoms with van der Waals surface area (Å²) in [6.45, 7) is 4.20. The summed E-state index contributed by atoms with van der Waals surface area (Å²) < 4.78 is 0. The maximum atomic E-state index is 13.1. The molecule has 1 aromatic carbocycles. The molecule has 3 atom stereocenters. The second-order valence-electron chi connectivity index (χ2n) is 6.82. The molecule has 1 fully saturated rings. The lowest BCUT2D eigenvalue weighted by Gasteiger charge is -2.29. The summed E-state index contributed by atoms with van der Waals surface area (Å²) in [4.78, 5) is 30.9. The van der Waals surface area contributed by atoms with Crippen molar-refractivity contribution in [2.45, 2.75) is 39.0 Å². The van der Waals surface area contributed by atoms with Crippen molar-refractivity contribution >= 4 is 17.5 Å². The molecule has 0 spiro atoms. The van der Waals surface area contributed by atoms with Gasteiger partial charge in [-0.15, -0.1) is 0 Å². The Morgan fingerprint density at radius 3 is 2.50 bits per heavy atom. The lowest BCUT2D eigenvalue weighted by Crippen LogP contribution is -2.33. The van der Waals surface area contributed by atoms with Crippen LogP contribution in [0.1, 0.15) is 43.0 Å². The number of fused-ring (bicyclic) bond motifs is 3. The van der Waals surface area contributed by atoms with Gasteiger partial charge in [-0.05, 0) is 48.1 Å². The number of carbonyl (C=O) groups is 2. The number of amides is 2. The molecular formula is C20H22N2O2. The topological polar surface area (TPSA) is 53.2 Å². The Kier molecular flexibility index (Phi) is 3.56. The number of nitrogens with zero attached hydrogens (tertiary/aromatic N) is 1. The van der Waals surface area contributed by atoms with Crippen molar-refractivity contribution in [1.82, 2.24) is 4.98 Å². The predicted octanol–water partition coefficient (Wildman–Crippen LogP) is 3.43. The molecule has 0 bridgehead atoms. The fraction of sp³-hybridized carbons (Fsp3) is 0.400. The smallest absolute Gasteiger partial charge is 0.242 e. The molecule has 1 aliphatic heterocycles. The normalized spacial score (nSPS) is 25.8. The first kappa shape index (κ1) is 15.2. The minimum Gasteiger partial charge on any atom is -0.365 e. The van der Waals surface area contributed by atoms with E-state index in [4.69, 9.17) is 0 Å². The van der Waals surface area contributed by atoms with Crippen LogP contribution < -0.4 is 4.90 Å². The maximum absolute atomic E-state index is 13.1. The van der Waals surface area contributed by atoms with E-state index in [-0.39, 0.29) is 29.6 Å². The zero-order valence-electron chi connectivity index (χ0n) is 14.1. The van der Waals surface area contributed by atoms with Gasteiger partial charge in [0.05, 0.1) is 17.5 Å². The molecule has 24 heavy (non-hydrogen) atoms. The summed E-state index contributed by atoms with van der Waals surface area (Å²) >= 11 is 0. The van der Waals surface area contributed by atoms with Gasteiger partial charge in [-0.3, -0.25) is 9.59 Å². The summed E-state index contributed by atoms with van der Waals surface area (Å²) in [7, 11) is 0. The Morgan fingerprint density at radius 2 is 1.83 bits per heavy atom. The molecule has 124 valence electrons. The molecule has 2 heterocycles. The number of carbonyl (C=O) groups excluding carboxylic acids is 2. The molecule has 1 aliphatic carbocycles. The summed E-state index contributed by atoms with van der Waals surface area (Å²) in [5, 5.41) is 0. The first-order valence-electron chi connectivity index (χ1n) is 8.78. The van der Waals surface area contributed by atoms with Crippen LogP contribution in [0.2, 0.25) is 0 Å². The van der Waals surface area contributed by atoms with Gasteiger partial charge in [0.2, 0.25) is 11.8 Å². The number of hydrogen-bond acceptors (Lipinski definition) is 2. The Bertz CT molecular complexity index is 790. The number of H-pyrrole nitrogens is 1. The number of hydrogen-bond donors (Lipinski definition) is 1. The summed E-state index contributed by atoms with van der Waals surface area (Å²) in [5.74, 6) is -0.446. The van der Waals surface area contributed by atoms with E-state index >= 15 is 0 Å². The lowest BCUT2D eigenvalue weighted by molar-refractivity contribution is -0.123. The van der Waals surface area contributed by atoms with E-state index in [1.165, 1.54) is 10.5 Å². The molecular weight excluding hydrogens is 300 g/mol. The van der Waals surface area contributed by atoms with Gasteiger partial charge in [0.15, 0.2) is 0 Å². The molecule has 4 heteroatoms. The molecule has 2 aromatic rings. The van der Waals surface area contributed by atoms with Gasteiger partial charge in [0, 0.05) is 11.9 Å². The fourth-order valence-corrected chi connectivity index (χ4v) is 4.30. The van der Waals surface area contributed by atoms with E-state index in [0.29, 0.717) is 5.69 Å². The van der Waals surface area contributed by atoms with Gasteiger partial charge in [-0.1, -0.05) is 32.4 Å². The van der Waals surface area contributed by atoms with Crippen LogP contribution in [-0.2, 0) is 22.4 Å². The van der Waals surface area contributed by atoms with Gasteiger partial charge < -0.3 is 4.98 Å². The van der Waals surface area contributed by atoms with Crippen molar-refractivity contribution in [3.05, 3.63) is 53.3 Å². The highest BCUT2D eigenvalue weighted by molar-refractivity contribution is 6.24. The molecule has 4 nitrogen and oxygen atoms in total. The van der Waals surface area contributed by atoms with Crippen LogP contribution in [0.3, 0.4) is 0 Å². The minimum absolute atomic E-state index is 0.0343. The molecule has 4 rings (SSSR count). The quantitative estimate of drug-likeness (QED) is 0.880. The second-order valence-corrected chi connectivity index (χ2v) is 6.82. The van der Waals surface area contributed by atoms with E-state index < -0.39 is 0 Å². The summed E-state index contributed by atoms with van der Waals surface area (Å²) in [6, 6.07) is 9.75. The van der Waals surface area contributed by atoms with Crippen LogP contribution in [0.25, 0.3) is 0 Å². The Balaban J connectivity index is 1.77. The molecule has 1 aromatic heterocycles. The fourth-order valence-electron chi connectivity index (χ4n) is 4.30. The van der Waals surface area contributed by atoms with Crippen molar-refractivity contribution in [2.24, 2.45) is 11.8 Å². The highest BCUT2D eigenvalue weighted by Gasteiger charge is 2.54. The first-order chi connectivity index (χ1) is 11.7. The number of aryl methyl sites for hydroxylation is 1. The van der Waals surface area contributed by atoms with Gasteiger partial charge in [-0.2, -0.15) is 0 Å². The zero-order chi connectivity index (χ0) is 16.8. The maximum Gasteiger partial charge on any atom is 0.242 e. The monoisotopic (exact) mass is 322 g/mol. The lowest BCUT2D eigenvalue weighted by atomic mass is 9.71. The van der Waals surface area contributed by atoms with Gasteiger partial charge >= 0.3 is 0 Å². The largest absolute Gasteiger partial charge is 0.365 e. The Hall–Kier alpha value is -2.36. The first-order valence-corrected chi connectivity index (χ1v) is 8.78. The average molecular weight is 322 g/mol. The molecule has 1 N–H and O–H groups in total. The standard InChI is InChI=1S/C20H22N2O2/c1-3-12-5-7-14(8-6-12)22-19(23)17-13(4-2)11-16-15(9-10-21-16)18(17)20(22)24/h5-10,13,17-18,21H,3-4,11H2,1-2H3/t13-,17+,18-/m1/s1. The number of anilines is 1. The minimum atomic E-state index is -0.330. The van der Waals surface area contributed by atoms with E-state index in [1.54, 1.807) is 0 Å². The highest BCUT2D eigenvalue weighted by Crippen LogP contribution is 2.47. The molecule has 0 radical (unpaired) electrons. The van der Waals surface area contributed by atoms with Crippen LogP contribution in [0.4, 0.5) is 5.69 Å². The van der Waals surface area contributed by atoms with Crippen LogP contribution in [0.15, 0.2) is 36.5 Å². The Labute approximate surface area is 141 Å². The van der Waals surface area contributed by atoms with Gasteiger partial charge in [0.25, 0.3) is 0 Å². The summed E-state index contributed by atoms with van der Waals surface area (Å²) in [5.41, 5.74) is 4.03. The molecule has 2 amide bonds. The van der Waals surface area contributed by atoms with E-state index in [0.717, 1.165) is 30.5 Å². The molecule has 0 unspecified atom stereocenters. The van der Waals surface area contributed by atoms with Crippen LogP contribution >= 0.6 is 0 Å². The number of nitrogens with one attached hydrogen (secondary N) is 1. The molecule has 2 aliphatic rings. The van der Waals surface area contributed by atoms with Crippen LogP contribution in [0, 0.1) is 11.8 Å². The third-order valence-corrected chi connectivity index (χ3v) is 5.66. The molecule has 0 saturated carbocycles. The number of rotatable bonds is 3. The van der Waals surface area contributed by atoms with Gasteiger partial charge in [0.1, 0.15) is 0 Å². The number of imide groups is 1. The van der Waals surface area contributed by atoms with Crippen molar-refractivity contribution in [1.29, 1.82) is 0 Å². The Morgan fingerprint density at radius 1 is 1.08 bits per heavy atom. The summed E-state index contributed by atoms with van der Waals surface area (Å²) in [6.07, 6.45) is 4.58. The predicted molar refractivity (Wildman–Crippen MR) is 92.8 cm³/mol. The highest BCUT2D eigenvalue weighted by atomic mass is 16.2. The number of benzene rings is 1.